The highest BCUT2D eigenvalue weighted by Crippen LogP contribution is 2.14. The van der Waals surface area contributed by atoms with Crippen molar-refractivity contribution in [3.63, 3.8) is 0 Å². The average Bonchev–Trinajstić information content (AvgIpc) is 2.82. The Bertz CT molecular complexity index is 968. The maximum absolute atomic E-state index is 12.3. The van der Waals surface area contributed by atoms with Crippen molar-refractivity contribution in [3.05, 3.63) is 95.6 Å². The second-order valence-electron chi connectivity index (χ2n) is 7.33. The number of carbonyl (C=O) groups is 2. The second kappa shape index (κ2) is 11.6. The fourth-order valence-electron chi connectivity index (χ4n) is 3.06. The minimum Gasteiger partial charge on any atom is -0.484 e. The predicted octanol–water partition coefficient (Wildman–Crippen LogP) is 4.98. The normalized spacial score (nSPS) is 10.4. The van der Waals surface area contributed by atoms with E-state index < -0.39 is 0 Å². The number of carbonyl (C=O) groups excluding carboxylic acids is 2. The fraction of sp³-hybridized carbons (Fsp3) is 0.231. The van der Waals surface area contributed by atoms with Gasteiger partial charge < -0.3 is 15.4 Å². The number of anilines is 1. The third kappa shape index (κ3) is 7.30. The lowest BCUT2D eigenvalue weighted by Gasteiger charge is -2.09. The molecular formula is C26H28N2O3. The molecule has 0 unspecified atom stereocenters. The van der Waals surface area contributed by atoms with Gasteiger partial charge in [-0.3, -0.25) is 9.59 Å². The number of amides is 2. The summed E-state index contributed by atoms with van der Waals surface area (Å²) in [6, 6.07) is 24.4. The van der Waals surface area contributed by atoms with Crippen LogP contribution in [0.15, 0.2) is 78.9 Å². The summed E-state index contributed by atoms with van der Waals surface area (Å²) in [6.07, 6.45) is 3.37. The first-order valence-corrected chi connectivity index (χ1v) is 10.6. The molecule has 3 aromatic carbocycles. The zero-order valence-electron chi connectivity index (χ0n) is 17.8. The molecule has 0 saturated heterocycles. The Kier molecular flexibility index (Phi) is 8.23. The molecule has 0 saturated carbocycles. The first-order chi connectivity index (χ1) is 15.1. The summed E-state index contributed by atoms with van der Waals surface area (Å²) in [4.78, 5) is 24.4. The molecule has 0 aliphatic carbocycles. The molecule has 0 bridgehead atoms. The summed E-state index contributed by atoms with van der Waals surface area (Å²) in [5.74, 6) is 0.145. The van der Waals surface area contributed by atoms with Crippen LogP contribution >= 0.6 is 0 Å². The van der Waals surface area contributed by atoms with Crippen molar-refractivity contribution in [1.29, 1.82) is 0 Å². The van der Waals surface area contributed by atoms with Gasteiger partial charge in [-0.25, -0.2) is 0 Å². The molecule has 2 N–H and O–H groups in total. The van der Waals surface area contributed by atoms with Crippen LogP contribution in [-0.2, 0) is 17.8 Å². The van der Waals surface area contributed by atoms with E-state index in [0.717, 1.165) is 30.5 Å². The van der Waals surface area contributed by atoms with Gasteiger partial charge in [-0.2, -0.15) is 0 Å². The molecule has 160 valence electrons. The quantitative estimate of drug-likeness (QED) is 0.490. The van der Waals surface area contributed by atoms with Crippen LogP contribution in [0.4, 0.5) is 5.69 Å². The van der Waals surface area contributed by atoms with Gasteiger partial charge in [-0.15, -0.1) is 0 Å². The molecular weight excluding hydrogens is 388 g/mol. The molecule has 5 heteroatoms. The van der Waals surface area contributed by atoms with E-state index in [4.69, 9.17) is 4.74 Å². The molecule has 0 atom stereocenters. The van der Waals surface area contributed by atoms with E-state index in [1.807, 2.05) is 54.6 Å². The molecule has 2 amide bonds. The number of hydrogen-bond acceptors (Lipinski definition) is 3. The summed E-state index contributed by atoms with van der Waals surface area (Å²) < 4.78 is 5.54. The van der Waals surface area contributed by atoms with Crippen LogP contribution < -0.4 is 15.4 Å². The van der Waals surface area contributed by atoms with Gasteiger partial charge in [0.1, 0.15) is 5.75 Å². The number of ether oxygens (including phenoxy) is 1. The Balaban J connectivity index is 1.43. The molecule has 0 radical (unpaired) electrons. The summed E-state index contributed by atoms with van der Waals surface area (Å²) in [5, 5.41) is 5.71. The van der Waals surface area contributed by atoms with Gasteiger partial charge in [0.25, 0.3) is 11.8 Å². The highest BCUT2D eigenvalue weighted by molar-refractivity contribution is 5.94. The topological polar surface area (TPSA) is 67.4 Å². The minimum absolute atomic E-state index is 0.100. The molecule has 0 aliphatic heterocycles. The van der Waals surface area contributed by atoms with Crippen molar-refractivity contribution in [1.82, 2.24) is 5.32 Å². The lowest BCUT2D eigenvalue weighted by molar-refractivity contribution is -0.118. The Labute approximate surface area is 183 Å². The fourth-order valence-corrected chi connectivity index (χ4v) is 3.06. The number of unbranched alkanes of at least 4 members (excludes halogenated alkanes) is 1. The van der Waals surface area contributed by atoms with Crippen LogP contribution in [0.2, 0.25) is 0 Å². The first kappa shape index (κ1) is 22.1. The van der Waals surface area contributed by atoms with Crippen molar-refractivity contribution >= 4 is 17.5 Å². The highest BCUT2D eigenvalue weighted by Gasteiger charge is 2.07. The van der Waals surface area contributed by atoms with Gasteiger partial charge >= 0.3 is 0 Å². The second-order valence-corrected chi connectivity index (χ2v) is 7.33. The Hall–Kier alpha value is -3.60. The van der Waals surface area contributed by atoms with Crippen molar-refractivity contribution in [2.45, 2.75) is 32.7 Å². The van der Waals surface area contributed by atoms with Gasteiger partial charge in [-0.05, 0) is 60.4 Å². The number of rotatable bonds is 10. The third-order valence-corrected chi connectivity index (χ3v) is 4.84. The standard InChI is InChI=1S/C26H28N2O3/c1-2-3-7-20-10-14-23(15-11-20)28-25(29)19-31-24-16-12-22(13-17-24)26(30)27-18-21-8-5-4-6-9-21/h4-6,8-17H,2-3,7,18-19H2,1H3,(H,27,30)(H,28,29). The Morgan fingerprint density at radius 2 is 1.55 bits per heavy atom. The molecule has 0 aliphatic rings. The van der Waals surface area contributed by atoms with E-state index in [0.29, 0.717) is 17.9 Å². The number of hydrogen-bond donors (Lipinski definition) is 2. The molecule has 0 aromatic heterocycles. The summed E-state index contributed by atoms with van der Waals surface area (Å²) in [5.41, 5.74) is 3.59. The molecule has 5 nitrogen and oxygen atoms in total. The van der Waals surface area contributed by atoms with E-state index in [9.17, 15) is 9.59 Å². The smallest absolute Gasteiger partial charge is 0.262 e. The van der Waals surface area contributed by atoms with Crippen molar-refractivity contribution < 1.29 is 14.3 Å². The molecule has 3 aromatic rings. The zero-order chi connectivity index (χ0) is 21.9. The monoisotopic (exact) mass is 416 g/mol. The van der Waals surface area contributed by atoms with Crippen LogP contribution in [0.1, 0.15) is 41.3 Å². The van der Waals surface area contributed by atoms with Gasteiger partial charge in [0.15, 0.2) is 6.61 Å². The molecule has 0 heterocycles. The van der Waals surface area contributed by atoms with Crippen LogP contribution in [0.5, 0.6) is 5.75 Å². The first-order valence-electron chi connectivity index (χ1n) is 10.6. The van der Waals surface area contributed by atoms with Crippen molar-refractivity contribution in [2.75, 3.05) is 11.9 Å². The Morgan fingerprint density at radius 1 is 0.839 bits per heavy atom. The van der Waals surface area contributed by atoms with E-state index in [1.54, 1.807) is 24.3 Å². The predicted molar refractivity (Wildman–Crippen MR) is 123 cm³/mol. The maximum atomic E-state index is 12.3. The van der Waals surface area contributed by atoms with E-state index in [-0.39, 0.29) is 18.4 Å². The zero-order valence-corrected chi connectivity index (χ0v) is 17.8. The van der Waals surface area contributed by atoms with E-state index >= 15 is 0 Å². The third-order valence-electron chi connectivity index (χ3n) is 4.84. The SMILES string of the molecule is CCCCc1ccc(NC(=O)COc2ccc(C(=O)NCc3ccccc3)cc2)cc1. The van der Waals surface area contributed by atoms with Crippen LogP contribution in [0.25, 0.3) is 0 Å². The Morgan fingerprint density at radius 3 is 2.23 bits per heavy atom. The lowest BCUT2D eigenvalue weighted by Crippen LogP contribution is -2.22. The van der Waals surface area contributed by atoms with Crippen LogP contribution in [0.3, 0.4) is 0 Å². The van der Waals surface area contributed by atoms with Gasteiger partial charge in [0.05, 0.1) is 0 Å². The minimum atomic E-state index is -0.231. The van der Waals surface area contributed by atoms with Gasteiger partial charge in [0.2, 0.25) is 0 Å². The van der Waals surface area contributed by atoms with Crippen LogP contribution in [0, 0.1) is 0 Å². The van der Waals surface area contributed by atoms with Gasteiger partial charge in [0, 0.05) is 17.8 Å². The lowest BCUT2D eigenvalue weighted by atomic mass is 10.1. The van der Waals surface area contributed by atoms with E-state index in [2.05, 4.69) is 17.6 Å². The maximum Gasteiger partial charge on any atom is 0.262 e. The molecule has 31 heavy (non-hydrogen) atoms. The molecule has 0 spiro atoms. The summed E-state index contributed by atoms with van der Waals surface area (Å²) in [7, 11) is 0. The van der Waals surface area contributed by atoms with Gasteiger partial charge in [-0.1, -0.05) is 55.8 Å². The average molecular weight is 417 g/mol. The largest absolute Gasteiger partial charge is 0.484 e. The molecule has 0 fully saturated rings. The van der Waals surface area contributed by atoms with E-state index in [1.165, 1.54) is 5.56 Å². The van der Waals surface area contributed by atoms with Crippen molar-refractivity contribution in [3.8, 4) is 5.75 Å². The van der Waals surface area contributed by atoms with Crippen LogP contribution in [-0.4, -0.2) is 18.4 Å². The molecule has 3 rings (SSSR count). The number of benzene rings is 3. The number of nitrogens with one attached hydrogen (secondary N) is 2. The van der Waals surface area contributed by atoms with Crippen molar-refractivity contribution in [2.24, 2.45) is 0 Å². The number of aryl methyl sites for hydroxylation is 1. The summed E-state index contributed by atoms with van der Waals surface area (Å²) >= 11 is 0. The summed E-state index contributed by atoms with van der Waals surface area (Å²) in [6.45, 7) is 2.54. The highest BCUT2D eigenvalue weighted by atomic mass is 16.5.